The van der Waals surface area contributed by atoms with Crippen LogP contribution in [0.5, 0.6) is 5.75 Å². The predicted molar refractivity (Wildman–Crippen MR) is 95.3 cm³/mol. The van der Waals surface area contributed by atoms with Gasteiger partial charge < -0.3 is 14.5 Å². The van der Waals surface area contributed by atoms with E-state index >= 15 is 0 Å². The first-order valence-corrected chi connectivity index (χ1v) is 8.98. The Morgan fingerprint density at radius 1 is 1.24 bits per heavy atom. The van der Waals surface area contributed by atoms with Gasteiger partial charge in [-0.05, 0) is 31.5 Å². The van der Waals surface area contributed by atoms with E-state index in [-0.39, 0.29) is 18.4 Å². The maximum absolute atomic E-state index is 12.7. The zero-order valence-electron chi connectivity index (χ0n) is 14.6. The van der Waals surface area contributed by atoms with Crippen molar-refractivity contribution in [2.45, 2.75) is 33.0 Å². The lowest BCUT2D eigenvalue weighted by Gasteiger charge is -2.38. The molecule has 2 heterocycles. The van der Waals surface area contributed by atoms with E-state index < -0.39 is 6.04 Å². The molecule has 0 spiro atoms. The predicted octanol–water partition coefficient (Wildman–Crippen LogP) is 2.22. The number of aryl methyl sites for hydroxylation is 1. The van der Waals surface area contributed by atoms with Crippen LogP contribution < -0.4 is 4.74 Å². The highest BCUT2D eigenvalue weighted by atomic mass is 32.1. The first-order valence-electron chi connectivity index (χ1n) is 8.10. The van der Waals surface area contributed by atoms with Gasteiger partial charge in [0.2, 0.25) is 11.8 Å². The van der Waals surface area contributed by atoms with Gasteiger partial charge in [-0.1, -0.05) is 12.1 Å². The molecule has 2 amide bonds. The summed E-state index contributed by atoms with van der Waals surface area (Å²) in [7, 11) is 1.61. The number of aromatic nitrogens is 1. The minimum atomic E-state index is -0.483. The van der Waals surface area contributed by atoms with Gasteiger partial charge in [0.15, 0.2) is 0 Å². The van der Waals surface area contributed by atoms with E-state index in [0.29, 0.717) is 13.1 Å². The SMILES string of the molecule is COc1ccc(CN2CC(=O)N(Cc3nc(C)cs3)[C@@H](C)C2=O)cc1. The van der Waals surface area contributed by atoms with Crippen LogP contribution in [0, 0.1) is 6.92 Å². The maximum atomic E-state index is 12.7. The average Bonchev–Trinajstić information content (AvgIpc) is 3.02. The molecular weight excluding hydrogens is 338 g/mol. The lowest BCUT2D eigenvalue weighted by Crippen LogP contribution is -2.57. The fraction of sp³-hybridized carbons (Fsp3) is 0.389. The monoisotopic (exact) mass is 359 g/mol. The van der Waals surface area contributed by atoms with Gasteiger partial charge in [-0.25, -0.2) is 4.98 Å². The summed E-state index contributed by atoms with van der Waals surface area (Å²) < 4.78 is 5.14. The molecule has 2 aromatic rings. The molecule has 0 saturated carbocycles. The molecule has 0 bridgehead atoms. The number of carbonyl (C=O) groups excluding carboxylic acids is 2. The third-order valence-corrected chi connectivity index (χ3v) is 5.24. The molecule has 25 heavy (non-hydrogen) atoms. The topological polar surface area (TPSA) is 62.7 Å². The highest BCUT2D eigenvalue weighted by Gasteiger charge is 2.36. The number of ether oxygens (including phenoxy) is 1. The van der Waals surface area contributed by atoms with E-state index in [2.05, 4.69) is 4.98 Å². The molecule has 0 unspecified atom stereocenters. The molecule has 1 aliphatic heterocycles. The number of rotatable bonds is 5. The molecule has 1 aromatic carbocycles. The number of thiazole rings is 1. The Hall–Kier alpha value is -2.41. The van der Waals surface area contributed by atoms with Crippen LogP contribution >= 0.6 is 11.3 Å². The van der Waals surface area contributed by atoms with Crippen molar-refractivity contribution in [1.29, 1.82) is 0 Å². The van der Waals surface area contributed by atoms with Crippen LogP contribution in [-0.2, 0) is 22.7 Å². The third-order valence-electron chi connectivity index (χ3n) is 4.29. The van der Waals surface area contributed by atoms with Crippen LogP contribution in [-0.4, -0.2) is 46.3 Å². The van der Waals surface area contributed by atoms with E-state index in [9.17, 15) is 9.59 Å². The minimum absolute atomic E-state index is 0.0382. The van der Waals surface area contributed by atoms with Crippen molar-refractivity contribution in [2.75, 3.05) is 13.7 Å². The van der Waals surface area contributed by atoms with Crippen LogP contribution in [0.3, 0.4) is 0 Å². The molecule has 0 radical (unpaired) electrons. The Labute approximate surface area is 151 Å². The quantitative estimate of drug-likeness (QED) is 0.821. The average molecular weight is 359 g/mol. The van der Waals surface area contributed by atoms with Crippen LogP contribution in [0.4, 0.5) is 0 Å². The molecule has 1 fully saturated rings. The molecule has 1 aliphatic rings. The molecule has 0 aliphatic carbocycles. The second-order valence-corrected chi connectivity index (χ2v) is 7.07. The van der Waals surface area contributed by atoms with Crippen molar-refractivity contribution in [1.82, 2.24) is 14.8 Å². The van der Waals surface area contributed by atoms with Crippen molar-refractivity contribution in [2.24, 2.45) is 0 Å². The molecular formula is C18H21N3O3S. The highest BCUT2D eigenvalue weighted by molar-refractivity contribution is 7.09. The van der Waals surface area contributed by atoms with Gasteiger partial charge in [-0.2, -0.15) is 0 Å². The van der Waals surface area contributed by atoms with Crippen molar-refractivity contribution >= 4 is 23.2 Å². The molecule has 3 rings (SSSR count). The summed E-state index contributed by atoms with van der Waals surface area (Å²) in [5, 5.41) is 2.81. The summed E-state index contributed by atoms with van der Waals surface area (Å²) in [6, 6.07) is 7.04. The fourth-order valence-corrected chi connectivity index (χ4v) is 3.65. The van der Waals surface area contributed by atoms with Crippen LogP contribution in [0.15, 0.2) is 29.6 Å². The summed E-state index contributed by atoms with van der Waals surface area (Å²) >= 11 is 1.51. The summed E-state index contributed by atoms with van der Waals surface area (Å²) in [6.45, 7) is 4.60. The number of nitrogens with zero attached hydrogens (tertiary/aromatic N) is 3. The maximum Gasteiger partial charge on any atom is 0.245 e. The Balaban J connectivity index is 1.68. The number of piperazine rings is 1. The lowest BCUT2D eigenvalue weighted by molar-refractivity contribution is -0.156. The van der Waals surface area contributed by atoms with Gasteiger partial charge in [0.1, 0.15) is 23.3 Å². The number of amides is 2. The minimum Gasteiger partial charge on any atom is -0.497 e. The second kappa shape index (κ2) is 7.23. The summed E-state index contributed by atoms with van der Waals surface area (Å²) in [5.41, 5.74) is 1.91. The molecule has 1 aromatic heterocycles. The van der Waals surface area contributed by atoms with E-state index in [1.807, 2.05) is 36.6 Å². The fourth-order valence-electron chi connectivity index (χ4n) is 2.88. The van der Waals surface area contributed by atoms with Gasteiger partial charge in [-0.15, -0.1) is 11.3 Å². The van der Waals surface area contributed by atoms with E-state index in [4.69, 9.17) is 4.74 Å². The molecule has 1 saturated heterocycles. The molecule has 6 nitrogen and oxygen atoms in total. The van der Waals surface area contributed by atoms with Gasteiger partial charge in [0.05, 0.1) is 13.7 Å². The third kappa shape index (κ3) is 3.82. The van der Waals surface area contributed by atoms with Gasteiger partial charge >= 0.3 is 0 Å². The van der Waals surface area contributed by atoms with Gasteiger partial charge in [-0.3, -0.25) is 9.59 Å². The highest BCUT2D eigenvalue weighted by Crippen LogP contribution is 2.20. The van der Waals surface area contributed by atoms with E-state index in [1.165, 1.54) is 11.3 Å². The van der Waals surface area contributed by atoms with Crippen molar-refractivity contribution in [3.05, 3.63) is 45.9 Å². The standard InChI is InChI=1S/C18H21N3O3S/c1-12-11-25-16(19-12)9-21-13(2)18(23)20(10-17(21)22)8-14-4-6-15(24-3)7-5-14/h4-7,11,13H,8-10H2,1-3H3/t13-/m0/s1. The van der Waals surface area contributed by atoms with Gasteiger partial charge in [0.25, 0.3) is 0 Å². The van der Waals surface area contributed by atoms with E-state index in [0.717, 1.165) is 22.0 Å². The zero-order valence-corrected chi connectivity index (χ0v) is 15.4. The van der Waals surface area contributed by atoms with Crippen molar-refractivity contribution in [3.63, 3.8) is 0 Å². The summed E-state index contributed by atoms with van der Waals surface area (Å²) in [5.74, 6) is 0.681. The second-order valence-electron chi connectivity index (χ2n) is 6.12. The molecule has 132 valence electrons. The number of methoxy groups -OCH3 is 1. The largest absolute Gasteiger partial charge is 0.497 e. The number of carbonyl (C=O) groups is 2. The summed E-state index contributed by atoms with van der Waals surface area (Å²) in [4.78, 5) is 32.9. The van der Waals surface area contributed by atoms with Crippen molar-refractivity contribution in [3.8, 4) is 5.75 Å². The lowest BCUT2D eigenvalue weighted by atomic mass is 10.1. The van der Waals surface area contributed by atoms with Crippen LogP contribution in [0.1, 0.15) is 23.2 Å². The normalized spacial score (nSPS) is 18.0. The Morgan fingerprint density at radius 3 is 2.56 bits per heavy atom. The molecule has 0 N–H and O–H groups in total. The van der Waals surface area contributed by atoms with Crippen molar-refractivity contribution < 1.29 is 14.3 Å². The Bertz CT molecular complexity index is 772. The number of hydrogen-bond donors (Lipinski definition) is 0. The van der Waals surface area contributed by atoms with E-state index in [1.54, 1.807) is 23.8 Å². The summed E-state index contributed by atoms with van der Waals surface area (Å²) in [6.07, 6.45) is 0. The first kappa shape index (κ1) is 17.4. The van der Waals surface area contributed by atoms with Crippen LogP contribution in [0.2, 0.25) is 0 Å². The Kier molecular flexibility index (Phi) is 5.03. The van der Waals surface area contributed by atoms with Gasteiger partial charge in [0, 0.05) is 17.6 Å². The Morgan fingerprint density at radius 2 is 1.96 bits per heavy atom. The molecule has 1 atom stereocenters. The first-order chi connectivity index (χ1) is 12.0. The smallest absolute Gasteiger partial charge is 0.245 e. The number of benzene rings is 1. The van der Waals surface area contributed by atoms with Crippen LogP contribution in [0.25, 0.3) is 0 Å². The number of hydrogen-bond acceptors (Lipinski definition) is 5. The zero-order chi connectivity index (χ0) is 18.0. The molecule has 7 heteroatoms.